The number of hydrogen-bond acceptors (Lipinski definition) is 4. The number of halogens is 1. The Morgan fingerprint density at radius 3 is 2.57 bits per heavy atom. The maximum absolute atomic E-state index is 12.8. The predicted octanol–water partition coefficient (Wildman–Crippen LogP) is 2.52. The highest BCUT2D eigenvalue weighted by Crippen LogP contribution is 2.20. The summed E-state index contributed by atoms with van der Waals surface area (Å²) < 4.78 is 17.9. The van der Waals surface area contributed by atoms with Gasteiger partial charge in [-0.1, -0.05) is 17.3 Å². The number of nitrogens with one attached hydrogen (secondary N) is 2. The van der Waals surface area contributed by atoms with E-state index in [0.717, 1.165) is 11.3 Å². The standard InChI is InChI=1S/C16H20FN3O3/c1-9(15-10(2)20-23-11(15)3)19-16(22)18-8-14(21)12-4-6-13(17)7-5-12/h4-7,9,14,21H,8H2,1-3H3,(H2,18,19,22). The molecular weight excluding hydrogens is 301 g/mol. The molecule has 1 heterocycles. The van der Waals surface area contributed by atoms with Crippen LogP contribution in [0.25, 0.3) is 0 Å². The average Bonchev–Trinajstić information content (AvgIpc) is 2.84. The predicted molar refractivity (Wildman–Crippen MR) is 82.3 cm³/mol. The van der Waals surface area contributed by atoms with Crippen molar-refractivity contribution in [3.05, 3.63) is 52.7 Å². The maximum Gasteiger partial charge on any atom is 0.315 e. The maximum atomic E-state index is 12.8. The second kappa shape index (κ2) is 7.23. The summed E-state index contributed by atoms with van der Waals surface area (Å²) in [5.74, 6) is 0.279. The lowest BCUT2D eigenvalue weighted by Gasteiger charge is -2.16. The van der Waals surface area contributed by atoms with Crippen LogP contribution in [0.3, 0.4) is 0 Å². The molecule has 2 amide bonds. The first-order valence-corrected chi connectivity index (χ1v) is 7.29. The number of aromatic nitrogens is 1. The van der Waals surface area contributed by atoms with Gasteiger partial charge in [-0.2, -0.15) is 0 Å². The summed E-state index contributed by atoms with van der Waals surface area (Å²) in [5.41, 5.74) is 2.09. The highest BCUT2D eigenvalue weighted by Gasteiger charge is 2.18. The van der Waals surface area contributed by atoms with Crippen LogP contribution in [0.4, 0.5) is 9.18 Å². The van der Waals surface area contributed by atoms with E-state index in [1.54, 1.807) is 13.8 Å². The van der Waals surface area contributed by atoms with Gasteiger partial charge in [0.2, 0.25) is 0 Å². The van der Waals surface area contributed by atoms with Gasteiger partial charge in [-0.15, -0.1) is 0 Å². The molecule has 0 radical (unpaired) electrons. The summed E-state index contributed by atoms with van der Waals surface area (Å²) >= 11 is 0. The number of rotatable bonds is 5. The number of amides is 2. The third-order valence-corrected chi connectivity index (χ3v) is 3.58. The minimum atomic E-state index is -0.907. The van der Waals surface area contributed by atoms with E-state index in [1.807, 2.05) is 6.92 Å². The number of aliphatic hydroxyl groups excluding tert-OH is 1. The summed E-state index contributed by atoms with van der Waals surface area (Å²) in [6, 6.07) is 4.79. The molecule has 2 unspecified atom stereocenters. The number of carbonyl (C=O) groups excluding carboxylic acids is 1. The van der Waals surface area contributed by atoms with E-state index in [0.29, 0.717) is 11.3 Å². The molecule has 0 aliphatic carbocycles. The van der Waals surface area contributed by atoms with Gasteiger partial charge >= 0.3 is 6.03 Å². The fourth-order valence-electron chi connectivity index (χ4n) is 2.42. The van der Waals surface area contributed by atoms with Crippen molar-refractivity contribution in [3.63, 3.8) is 0 Å². The van der Waals surface area contributed by atoms with Crippen LogP contribution in [0.1, 0.15) is 41.7 Å². The smallest absolute Gasteiger partial charge is 0.315 e. The molecule has 1 aromatic carbocycles. The molecule has 0 bridgehead atoms. The third-order valence-electron chi connectivity index (χ3n) is 3.58. The van der Waals surface area contributed by atoms with Crippen LogP contribution >= 0.6 is 0 Å². The van der Waals surface area contributed by atoms with Crippen molar-refractivity contribution in [3.8, 4) is 0 Å². The molecule has 2 atom stereocenters. The van der Waals surface area contributed by atoms with Crippen LogP contribution in [-0.2, 0) is 0 Å². The Bertz CT molecular complexity index is 650. The monoisotopic (exact) mass is 321 g/mol. The molecule has 2 rings (SSSR count). The lowest BCUT2D eigenvalue weighted by Crippen LogP contribution is -2.39. The Morgan fingerprint density at radius 2 is 2.00 bits per heavy atom. The number of carbonyl (C=O) groups is 1. The summed E-state index contributed by atoms with van der Waals surface area (Å²) in [7, 11) is 0. The van der Waals surface area contributed by atoms with Crippen molar-refractivity contribution >= 4 is 6.03 Å². The Hall–Kier alpha value is -2.41. The van der Waals surface area contributed by atoms with E-state index < -0.39 is 12.1 Å². The molecule has 7 heteroatoms. The number of aryl methyl sites for hydroxylation is 2. The van der Waals surface area contributed by atoms with Crippen molar-refractivity contribution in [1.82, 2.24) is 15.8 Å². The minimum Gasteiger partial charge on any atom is -0.387 e. The van der Waals surface area contributed by atoms with Gasteiger partial charge in [-0.3, -0.25) is 0 Å². The summed E-state index contributed by atoms with van der Waals surface area (Å²) in [6.07, 6.45) is -0.907. The first-order chi connectivity index (χ1) is 10.9. The fraction of sp³-hybridized carbons (Fsp3) is 0.375. The van der Waals surface area contributed by atoms with Crippen LogP contribution in [0.2, 0.25) is 0 Å². The van der Waals surface area contributed by atoms with Crippen molar-refractivity contribution < 1.29 is 18.8 Å². The normalized spacial score (nSPS) is 13.4. The quantitative estimate of drug-likeness (QED) is 0.789. The highest BCUT2D eigenvalue weighted by molar-refractivity contribution is 5.74. The SMILES string of the molecule is Cc1noc(C)c1C(C)NC(=O)NCC(O)c1ccc(F)cc1. The zero-order valence-corrected chi connectivity index (χ0v) is 13.3. The largest absolute Gasteiger partial charge is 0.387 e. The van der Waals surface area contributed by atoms with Gasteiger partial charge in [0.25, 0.3) is 0 Å². The molecule has 0 saturated carbocycles. The van der Waals surface area contributed by atoms with E-state index >= 15 is 0 Å². The molecule has 1 aromatic heterocycles. The molecule has 124 valence electrons. The van der Waals surface area contributed by atoms with Crippen LogP contribution < -0.4 is 10.6 Å². The Morgan fingerprint density at radius 1 is 1.35 bits per heavy atom. The van der Waals surface area contributed by atoms with Gasteiger partial charge in [0, 0.05) is 12.1 Å². The van der Waals surface area contributed by atoms with Gasteiger partial charge in [-0.05, 0) is 38.5 Å². The summed E-state index contributed by atoms with van der Waals surface area (Å²) in [4.78, 5) is 11.9. The topological polar surface area (TPSA) is 87.4 Å². The van der Waals surface area contributed by atoms with Crippen molar-refractivity contribution in [2.45, 2.75) is 32.9 Å². The van der Waals surface area contributed by atoms with E-state index in [9.17, 15) is 14.3 Å². The number of urea groups is 1. The van der Waals surface area contributed by atoms with Crippen LogP contribution in [-0.4, -0.2) is 22.8 Å². The Kier molecular flexibility index (Phi) is 5.33. The van der Waals surface area contributed by atoms with E-state index in [1.165, 1.54) is 24.3 Å². The number of nitrogens with zero attached hydrogens (tertiary/aromatic N) is 1. The molecule has 0 spiro atoms. The van der Waals surface area contributed by atoms with E-state index in [4.69, 9.17) is 4.52 Å². The van der Waals surface area contributed by atoms with Crippen LogP contribution in [0, 0.1) is 19.7 Å². The molecular formula is C16H20FN3O3. The molecule has 0 aliphatic heterocycles. The van der Waals surface area contributed by atoms with Gasteiger partial charge in [-0.25, -0.2) is 9.18 Å². The fourth-order valence-corrected chi connectivity index (χ4v) is 2.42. The van der Waals surface area contributed by atoms with Gasteiger partial charge in [0.15, 0.2) is 0 Å². The van der Waals surface area contributed by atoms with Crippen molar-refractivity contribution in [2.24, 2.45) is 0 Å². The molecule has 2 aromatic rings. The van der Waals surface area contributed by atoms with E-state index in [-0.39, 0.29) is 18.4 Å². The second-order valence-electron chi connectivity index (χ2n) is 5.38. The molecule has 0 aliphatic rings. The lowest BCUT2D eigenvalue weighted by molar-refractivity contribution is 0.172. The van der Waals surface area contributed by atoms with Crippen LogP contribution in [0.15, 0.2) is 28.8 Å². The van der Waals surface area contributed by atoms with Gasteiger partial charge < -0.3 is 20.3 Å². The first kappa shape index (κ1) is 17.0. The zero-order valence-electron chi connectivity index (χ0n) is 13.3. The second-order valence-corrected chi connectivity index (χ2v) is 5.38. The first-order valence-electron chi connectivity index (χ1n) is 7.29. The number of aliphatic hydroxyl groups is 1. The minimum absolute atomic E-state index is 0.0196. The highest BCUT2D eigenvalue weighted by atomic mass is 19.1. The van der Waals surface area contributed by atoms with Gasteiger partial charge in [0.1, 0.15) is 11.6 Å². The van der Waals surface area contributed by atoms with Crippen molar-refractivity contribution in [2.75, 3.05) is 6.54 Å². The Balaban J connectivity index is 1.86. The number of hydrogen-bond donors (Lipinski definition) is 3. The van der Waals surface area contributed by atoms with Crippen molar-refractivity contribution in [1.29, 1.82) is 0 Å². The Labute approximate surface area is 133 Å². The molecule has 3 N–H and O–H groups in total. The van der Waals surface area contributed by atoms with E-state index in [2.05, 4.69) is 15.8 Å². The number of benzene rings is 1. The van der Waals surface area contributed by atoms with Crippen LogP contribution in [0.5, 0.6) is 0 Å². The third kappa shape index (κ3) is 4.29. The summed E-state index contributed by atoms with van der Waals surface area (Å²) in [6.45, 7) is 5.43. The van der Waals surface area contributed by atoms with Gasteiger partial charge in [0.05, 0.1) is 17.8 Å². The average molecular weight is 321 g/mol. The molecule has 0 fully saturated rings. The molecule has 0 saturated heterocycles. The zero-order chi connectivity index (χ0) is 17.0. The molecule has 23 heavy (non-hydrogen) atoms. The summed E-state index contributed by atoms with van der Waals surface area (Å²) in [5, 5.41) is 19.2. The lowest BCUT2D eigenvalue weighted by atomic mass is 10.1. The molecule has 6 nitrogen and oxygen atoms in total.